The van der Waals surface area contributed by atoms with Gasteiger partial charge in [-0.15, -0.1) is 0 Å². The lowest BCUT2D eigenvalue weighted by molar-refractivity contribution is -0.153. The van der Waals surface area contributed by atoms with Crippen molar-refractivity contribution < 1.29 is 117 Å². The van der Waals surface area contributed by atoms with E-state index in [1.807, 2.05) is 28.3 Å². The molecule has 13 aliphatic rings. The zero-order valence-corrected chi connectivity index (χ0v) is 98.5. The van der Waals surface area contributed by atoms with Crippen LogP contribution in [-0.4, -0.2) is 302 Å². The monoisotopic (exact) mass is 2200 g/mol. The van der Waals surface area contributed by atoms with Crippen LogP contribution in [0.2, 0.25) is 63.6 Å². The molecule has 7 heterocycles. The number of rotatable bonds is 34. The van der Waals surface area contributed by atoms with Crippen LogP contribution in [0.5, 0.6) is 0 Å². The Balaban J connectivity index is 0.000000194. The largest absolute Gasteiger partial charge is 0.480 e. The van der Waals surface area contributed by atoms with Crippen molar-refractivity contribution in [2.24, 2.45) is 35.5 Å². The summed E-state index contributed by atoms with van der Waals surface area (Å²) >= 11 is 3.40. The Morgan fingerprint density at radius 1 is 0.435 bits per heavy atom. The summed E-state index contributed by atoms with van der Waals surface area (Å²) in [7, 11) is -6.45. The molecule has 18 atom stereocenters. The number of ether oxygens (including phenoxy) is 5. The first-order valence-electron chi connectivity index (χ1n) is 55.7. The predicted octanol–water partition coefficient (Wildman–Crippen LogP) is 17.4. The molecule has 2 aromatic rings. The van der Waals surface area contributed by atoms with Gasteiger partial charge in [-0.2, -0.15) is 16.8 Å². The summed E-state index contributed by atoms with van der Waals surface area (Å²) in [5.41, 5.74) is -1.63. The molecule has 834 valence electrons. The molecule has 31 nitrogen and oxygen atoms in total. The van der Waals surface area contributed by atoms with Crippen LogP contribution in [0, 0.1) is 49.4 Å². The minimum absolute atomic E-state index is 0.0298. The van der Waals surface area contributed by atoms with Gasteiger partial charge in [0.15, 0.2) is 16.6 Å². The molecular weight excluding hydrogens is 2010 g/mol. The molecule has 0 radical (unpaired) electrons. The van der Waals surface area contributed by atoms with Gasteiger partial charge >= 0.3 is 64.0 Å². The highest BCUT2D eigenvalue weighted by molar-refractivity contribution is 9.09. The number of carboxylic acid groups (broad SMARTS) is 1. The van der Waals surface area contributed by atoms with Gasteiger partial charge in [0.1, 0.15) is 33.7 Å². The van der Waals surface area contributed by atoms with Crippen molar-refractivity contribution in [3.63, 3.8) is 0 Å². The SMILES string of the molecule is CC(C)(C)[Si](C)(C)OCCCBr.COC(=O)C1(CCCO)CC2CCCCC2N1B(C)O.COC(=O)C1(CCCOS(=O)(=O)c2ccc(C)cc2)CC2CCCCC2N1.COC(=O)C1(CCCOS(=O)(=O)c2ccc(C)cc2)CC2CCCCC2N1B(C)O.COC(=O)C1(CCCO[Si](C)(C)C(C)(C)C)CC2CCCCC2N1B(C)O.COC(=O)C1CC2CCCCC2N1B(C)O.O=C(O)C12CCCN1C1CCCCC1C2. The van der Waals surface area contributed by atoms with Gasteiger partial charge in [-0.05, 0) is 330 Å². The van der Waals surface area contributed by atoms with Crippen molar-refractivity contribution in [2.45, 2.75) is 462 Å². The van der Waals surface area contributed by atoms with E-state index in [-0.39, 0.29) is 82.6 Å². The number of carbonyl (C=O) groups excluding carboxylic acids is 5. The molecule has 7 saturated heterocycles. The van der Waals surface area contributed by atoms with E-state index >= 15 is 0 Å². The molecule has 0 aromatic heterocycles. The maximum absolute atomic E-state index is 12.9. The number of aliphatic hydroxyl groups is 1. The van der Waals surface area contributed by atoms with Crippen LogP contribution in [0.3, 0.4) is 0 Å². The van der Waals surface area contributed by atoms with E-state index in [0.29, 0.717) is 123 Å². The fourth-order valence-corrected chi connectivity index (χ4v) is 31.5. The summed E-state index contributed by atoms with van der Waals surface area (Å²) in [5.74, 6) is 1.18. The van der Waals surface area contributed by atoms with Crippen molar-refractivity contribution in [1.82, 2.24) is 29.5 Å². The molecule has 15 rings (SSSR count). The number of hydrogen-bond donors (Lipinski definition) is 7. The lowest BCUT2D eigenvalue weighted by Crippen LogP contribution is -2.59. The van der Waals surface area contributed by atoms with Crippen LogP contribution < -0.4 is 5.32 Å². The Kier molecular flexibility index (Phi) is 48.1. The van der Waals surface area contributed by atoms with Crippen molar-refractivity contribution in [3.05, 3.63) is 59.7 Å². The number of halogens is 1. The Morgan fingerprint density at radius 3 is 1.16 bits per heavy atom. The highest BCUT2D eigenvalue weighted by Crippen LogP contribution is 2.55. The number of hydrogen-bond acceptors (Lipinski definition) is 30. The van der Waals surface area contributed by atoms with Gasteiger partial charge in [-0.1, -0.05) is 170 Å². The van der Waals surface area contributed by atoms with E-state index in [4.69, 9.17) is 46.0 Å². The van der Waals surface area contributed by atoms with Crippen LogP contribution in [0.25, 0.3) is 0 Å². The topological polar surface area (TPSA) is 403 Å². The first-order chi connectivity index (χ1) is 69.3. The number of nitrogens with zero attached hydrogens (tertiary/aromatic N) is 5. The molecule has 7 aliphatic heterocycles. The number of carboxylic acids is 1. The second kappa shape index (κ2) is 56.1. The molecule has 6 aliphatic carbocycles. The molecule has 147 heavy (non-hydrogen) atoms. The van der Waals surface area contributed by atoms with Crippen LogP contribution in [-0.2, 0) is 89.9 Å². The molecule has 13 fully saturated rings. The minimum Gasteiger partial charge on any atom is -0.480 e. The van der Waals surface area contributed by atoms with Gasteiger partial charge in [0.05, 0.1) is 58.6 Å². The third-order valence-corrected chi connectivity index (χ3v) is 48.4. The van der Waals surface area contributed by atoms with E-state index in [1.54, 1.807) is 63.7 Å². The standard InChI is InChI=1S/C21H32BNO6S.C20H40BNO4Si.C20H29NO5S.C14H26BNO4.C12H19NO2.C11H20BNO3.C9H21BrOSi/c1-16-9-11-18(12-10-16)30(26,27)29-14-6-13-21(20(24)28-3)15-17-7-4-5-8-19(17)23(21)22(2)25;1-19(2,3)27(6,7)26-14-10-13-20(18(23)25-5)15-16-11-8-9-12-17(16)22(20)21(4)24;1-15-8-10-17(11-9-15)27(23,24)26-13-5-12-20(19(22)25-2)14-16-6-3-4-7-18(16)21-20;1-15(19)16-12-7-4-3-6-11(12)10-14(16,8-5-9-17)13(18)20-2;14-11(15)12-6-3-7-13(12)10-5-2-1-4-9(10)8-12;1-12(15)13-9-6-4-3-5-8(9)7-10(13)11(14)16-2;1-9(2,3)12(4,5)11-8-6-7-10/h9-12,17,19,25H,4-8,13-15H2,1-3H3;16-17,24H,8-15H2,1-7H3;8-11,16,18,21H,3-7,12-14H2,1-2H3;11-12,17,19H,3-10H2,1-2H3;9-10H,1-8H2,(H,14,15);8-10,15H,3-7H2,1-2H3;6-8H2,1-5H3. The van der Waals surface area contributed by atoms with Gasteiger partial charge in [0.2, 0.25) is 0 Å². The molecule has 0 amide bonds. The molecule has 7 N–H and O–H groups in total. The van der Waals surface area contributed by atoms with Crippen LogP contribution in [0.15, 0.2) is 58.3 Å². The van der Waals surface area contributed by atoms with Crippen LogP contribution in [0.4, 0.5) is 0 Å². The summed E-state index contributed by atoms with van der Waals surface area (Å²) in [4.78, 5) is 84.5. The predicted molar refractivity (Wildman–Crippen MR) is 586 cm³/mol. The second-order valence-electron chi connectivity index (χ2n) is 47.7. The Hall–Kier alpha value is -4.27. The third kappa shape index (κ3) is 31.0. The molecule has 6 saturated carbocycles. The number of alkyl halides is 1. The first kappa shape index (κ1) is 126. The van der Waals surface area contributed by atoms with Gasteiger partial charge in [-0.25, -0.2) is 0 Å². The van der Waals surface area contributed by atoms with Crippen LogP contribution in [0.1, 0.15) is 316 Å². The van der Waals surface area contributed by atoms with E-state index in [9.17, 15) is 70.8 Å². The number of esters is 5. The summed E-state index contributed by atoms with van der Waals surface area (Å²) in [6.07, 6.45) is 39.9. The van der Waals surface area contributed by atoms with Gasteiger partial charge in [-0.3, -0.25) is 61.8 Å². The molecule has 40 heteroatoms. The van der Waals surface area contributed by atoms with Gasteiger partial charge in [0.25, 0.3) is 20.2 Å². The molecule has 0 spiro atoms. The zero-order valence-electron chi connectivity index (χ0n) is 93.2. The van der Waals surface area contributed by atoms with E-state index in [0.717, 1.165) is 164 Å². The maximum Gasteiger partial charge on any atom is 0.377 e. The lowest BCUT2D eigenvalue weighted by Gasteiger charge is -2.41. The van der Waals surface area contributed by atoms with E-state index in [1.165, 1.54) is 125 Å². The van der Waals surface area contributed by atoms with Crippen LogP contribution >= 0.6 is 15.9 Å². The number of aliphatic carboxylic acids is 1. The minimum atomic E-state index is -3.85. The maximum atomic E-state index is 12.9. The molecule has 18 unspecified atom stereocenters. The third-order valence-electron chi connectivity index (χ3n) is 36.1. The van der Waals surface area contributed by atoms with Gasteiger partial charge < -0.3 is 67.7 Å². The number of aliphatic hydroxyl groups excluding tert-OH is 1. The normalized spacial score (nSPS) is 30.1. The number of benzene rings is 2. The lowest BCUT2D eigenvalue weighted by atomic mass is 9.76. The van der Waals surface area contributed by atoms with E-state index < -0.39 is 98.7 Å². The summed E-state index contributed by atoms with van der Waals surface area (Å²) in [6.45, 7) is 36.0. The zero-order chi connectivity index (χ0) is 109. The highest BCUT2D eigenvalue weighted by atomic mass is 79.9. The number of nitrogens with one attached hydrogen (secondary N) is 1. The highest BCUT2D eigenvalue weighted by Gasteiger charge is 2.64. The molecule has 0 bridgehead atoms. The fraction of sp³-hybridized carbons (Fsp3) is 0.832. The summed E-state index contributed by atoms with van der Waals surface area (Å²) < 4.78 is 97.4. The quantitative estimate of drug-likeness (QED) is 0.00854. The average molecular weight is 2200 g/mol. The van der Waals surface area contributed by atoms with E-state index in [2.05, 4.69) is 98.7 Å². The smallest absolute Gasteiger partial charge is 0.377 e. The first-order valence-corrected chi connectivity index (χ1v) is 65.5. The fourth-order valence-electron chi connectivity index (χ4n) is 27.2. The summed E-state index contributed by atoms with van der Waals surface area (Å²) in [5, 5.41) is 64.8. The number of carbonyl (C=O) groups is 6. The second-order valence-corrected chi connectivity index (χ2v) is 61.3. The Bertz CT molecular complexity index is 4700. The number of methoxy groups -OCH3 is 5. The number of aryl methyl sites for hydroxylation is 2. The van der Waals surface area contributed by atoms with Crippen molar-refractivity contribution in [3.8, 4) is 0 Å². The Labute approximate surface area is 894 Å². The number of fused-ring (bicyclic) bond motifs is 8. The Morgan fingerprint density at radius 2 is 0.789 bits per heavy atom. The summed E-state index contributed by atoms with van der Waals surface area (Å²) in [6, 6.07) is 14.9. The van der Waals surface area contributed by atoms with Crippen molar-refractivity contribution in [2.75, 3.05) is 80.5 Å². The van der Waals surface area contributed by atoms with Gasteiger partial charge in [0, 0.05) is 61.4 Å². The van der Waals surface area contributed by atoms with Crippen molar-refractivity contribution in [1.29, 1.82) is 0 Å². The van der Waals surface area contributed by atoms with Crippen molar-refractivity contribution >= 4 is 117 Å². The molecular formula is C107H187B4BrN6O25S2Si2. The molecule has 2 aromatic carbocycles. The average Bonchev–Trinajstić information content (AvgIpc) is 1.54.